The molecule has 1 amide bonds. The maximum atomic E-state index is 13.4. The average molecular weight is 444 g/mol. The molecule has 2 aliphatic rings. The summed E-state index contributed by atoms with van der Waals surface area (Å²) in [7, 11) is 0. The SMILES string of the molecule is CCCCC1=NC2(CCCC2)C(=O)N1Cc1ccc(-c2ccccc2-c2nc(N)no2)cc1. The normalized spacial score (nSPS) is 17.2. The minimum absolute atomic E-state index is 0.117. The number of hydrogen-bond donors (Lipinski definition) is 1. The Labute approximate surface area is 193 Å². The molecule has 1 saturated carbocycles. The fraction of sp³-hybridized carbons (Fsp3) is 0.385. The van der Waals surface area contributed by atoms with Gasteiger partial charge in [-0.25, -0.2) is 0 Å². The largest absolute Gasteiger partial charge is 0.365 e. The molecule has 7 heteroatoms. The van der Waals surface area contributed by atoms with Gasteiger partial charge in [-0.3, -0.25) is 14.7 Å². The molecule has 2 N–H and O–H groups in total. The van der Waals surface area contributed by atoms with Crippen molar-refractivity contribution in [3.05, 3.63) is 54.1 Å². The summed E-state index contributed by atoms with van der Waals surface area (Å²) < 4.78 is 5.28. The molecule has 0 atom stereocenters. The summed E-state index contributed by atoms with van der Waals surface area (Å²) in [4.78, 5) is 24.5. The molecule has 3 aromatic rings. The Balaban J connectivity index is 1.39. The monoisotopic (exact) mass is 443 g/mol. The fourth-order valence-corrected chi connectivity index (χ4v) is 4.94. The molecule has 0 bridgehead atoms. The standard InChI is InChI=1S/C26H29N5O2/c1-2-3-10-22-29-26(15-6-7-16-26)24(32)31(22)17-18-11-13-19(14-12-18)20-8-4-5-9-21(20)23-28-25(27)30-33-23/h4-5,8-9,11-14H,2-3,6-7,10,15-17H2,1H3,(H2,27,30). The highest BCUT2D eigenvalue weighted by atomic mass is 16.5. The van der Waals surface area contributed by atoms with Crippen molar-refractivity contribution in [3.8, 4) is 22.6 Å². The summed E-state index contributed by atoms with van der Waals surface area (Å²) in [5.41, 5.74) is 9.09. The third-order valence-corrected chi connectivity index (χ3v) is 6.69. The molecule has 170 valence electrons. The van der Waals surface area contributed by atoms with Crippen LogP contribution in [-0.4, -0.2) is 32.3 Å². The number of aromatic nitrogens is 2. The molecular weight excluding hydrogens is 414 g/mol. The van der Waals surface area contributed by atoms with Gasteiger partial charge in [0.2, 0.25) is 0 Å². The number of nitrogens with zero attached hydrogens (tertiary/aromatic N) is 4. The minimum Gasteiger partial charge on any atom is -0.365 e. The summed E-state index contributed by atoms with van der Waals surface area (Å²) >= 11 is 0. The van der Waals surface area contributed by atoms with Crippen LogP contribution in [0.3, 0.4) is 0 Å². The van der Waals surface area contributed by atoms with E-state index in [9.17, 15) is 4.79 Å². The van der Waals surface area contributed by atoms with Gasteiger partial charge in [0.1, 0.15) is 11.4 Å². The van der Waals surface area contributed by atoms with Gasteiger partial charge >= 0.3 is 0 Å². The van der Waals surface area contributed by atoms with Crippen molar-refractivity contribution in [3.63, 3.8) is 0 Å². The number of carbonyl (C=O) groups is 1. The molecule has 1 aromatic heterocycles. The minimum atomic E-state index is -0.492. The van der Waals surface area contributed by atoms with Crippen LogP contribution in [0.1, 0.15) is 57.4 Å². The molecule has 2 heterocycles. The zero-order valence-corrected chi connectivity index (χ0v) is 19.0. The second-order valence-corrected chi connectivity index (χ2v) is 8.96. The fourth-order valence-electron chi connectivity index (χ4n) is 4.94. The Kier molecular flexibility index (Phi) is 5.70. The van der Waals surface area contributed by atoms with Crippen molar-refractivity contribution in [2.75, 3.05) is 5.73 Å². The predicted molar refractivity (Wildman–Crippen MR) is 128 cm³/mol. The van der Waals surface area contributed by atoms with E-state index in [0.717, 1.165) is 73.0 Å². The van der Waals surface area contributed by atoms with Gasteiger partial charge < -0.3 is 10.3 Å². The number of benzene rings is 2. The van der Waals surface area contributed by atoms with Crippen LogP contribution in [0.25, 0.3) is 22.6 Å². The average Bonchev–Trinajstić information content (AvgIpc) is 3.55. The van der Waals surface area contributed by atoms with E-state index >= 15 is 0 Å². The van der Waals surface area contributed by atoms with Gasteiger partial charge in [0.15, 0.2) is 0 Å². The molecule has 0 radical (unpaired) electrons. The number of amides is 1. The number of anilines is 1. The Morgan fingerprint density at radius 3 is 2.45 bits per heavy atom. The van der Waals surface area contributed by atoms with Crippen LogP contribution >= 0.6 is 0 Å². The third-order valence-electron chi connectivity index (χ3n) is 6.69. The van der Waals surface area contributed by atoms with E-state index in [2.05, 4.69) is 41.3 Å². The van der Waals surface area contributed by atoms with Crippen molar-refractivity contribution in [2.45, 2.75) is 64.0 Å². The van der Waals surface area contributed by atoms with E-state index in [1.165, 1.54) is 0 Å². The van der Waals surface area contributed by atoms with Crippen LogP contribution in [0.5, 0.6) is 0 Å². The second kappa shape index (κ2) is 8.81. The van der Waals surface area contributed by atoms with Crippen LogP contribution in [0.4, 0.5) is 5.95 Å². The zero-order chi connectivity index (χ0) is 22.8. The van der Waals surface area contributed by atoms with Gasteiger partial charge in [-0.1, -0.05) is 68.7 Å². The smallest absolute Gasteiger partial charge is 0.261 e. The third kappa shape index (κ3) is 4.03. The quantitative estimate of drug-likeness (QED) is 0.539. The Hall–Kier alpha value is -3.48. The predicted octanol–water partition coefficient (Wildman–Crippen LogP) is 5.23. The Morgan fingerprint density at radius 1 is 1.06 bits per heavy atom. The first kappa shape index (κ1) is 21.4. The van der Waals surface area contributed by atoms with E-state index in [4.69, 9.17) is 15.2 Å². The van der Waals surface area contributed by atoms with Crippen LogP contribution in [-0.2, 0) is 11.3 Å². The van der Waals surface area contributed by atoms with E-state index in [1.54, 1.807) is 0 Å². The molecule has 5 rings (SSSR count). The lowest BCUT2D eigenvalue weighted by Gasteiger charge is -2.23. The van der Waals surface area contributed by atoms with E-state index < -0.39 is 5.54 Å². The summed E-state index contributed by atoms with van der Waals surface area (Å²) in [6.07, 6.45) is 6.95. The van der Waals surface area contributed by atoms with Gasteiger partial charge in [-0.15, -0.1) is 0 Å². The van der Waals surface area contributed by atoms with Gasteiger partial charge in [0, 0.05) is 12.0 Å². The highest BCUT2D eigenvalue weighted by Crippen LogP contribution is 2.40. The highest BCUT2D eigenvalue weighted by Gasteiger charge is 2.49. The molecule has 1 aliphatic heterocycles. The number of unbranched alkanes of at least 4 members (excludes halogenated alkanes) is 1. The summed E-state index contributed by atoms with van der Waals surface area (Å²) in [6.45, 7) is 2.73. The van der Waals surface area contributed by atoms with Crippen molar-refractivity contribution >= 4 is 17.7 Å². The lowest BCUT2D eigenvalue weighted by molar-refractivity contribution is -0.131. The summed E-state index contributed by atoms with van der Waals surface area (Å²) in [6, 6.07) is 16.2. The van der Waals surface area contributed by atoms with Crippen molar-refractivity contribution in [2.24, 2.45) is 4.99 Å². The molecule has 7 nitrogen and oxygen atoms in total. The van der Waals surface area contributed by atoms with Crippen molar-refractivity contribution in [1.82, 2.24) is 15.0 Å². The number of rotatable bonds is 7. The number of hydrogen-bond acceptors (Lipinski definition) is 6. The number of nitrogen functional groups attached to an aromatic ring is 1. The summed E-state index contributed by atoms with van der Waals surface area (Å²) in [5, 5.41) is 3.71. The van der Waals surface area contributed by atoms with Gasteiger partial charge in [0.25, 0.3) is 17.7 Å². The first-order valence-corrected chi connectivity index (χ1v) is 11.8. The number of carbonyl (C=O) groups excluding carboxylic acids is 1. The molecule has 33 heavy (non-hydrogen) atoms. The molecule has 1 fully saturated rings. The van der Waals surface area contributed by atoms with Crippen molar-refractivity contribution < 1.29 is 9.32 Å². The number of aliphatic imine (C=N–C) groups is 1. The van der Waals surface area contributed by atoms with Crippen LogP contribution in [0, 0.1) is 0 Å². The van der Waals surface area contributed by atoms with Crippen LogP contribution in [0.15, 0.2) is 58.0 Å². The second-order valence-electron chi connectivity index (χ2n) is 8.96. The Morgan fingerprint density at radius 2 is 1.79 bits per heavy atom. The first-order valence-electron chi connectivity index (χ1n) is 11.8. The molecule has 0 saturated heterocycles. The topological polar surface area (TPSA) is 97.6 Å². The molecule has 0 unspecified atom stereocenters. The summed E-state index contributed by atoms with van der Waals surface area (Å²) in [5.74, 6) is 1.67. The van der Waals surface area contributed by atoms with E-state index in [-0.39, 0.29) is 11.9 Å². The maximum Gasteiger partial charge on any atom is 0.261 e. The lowest BCUT2D eigenvalue weighted by atomic mass is 9.97. The van der Waals surface area contributed by atoms with Gasteiger partial charge in [-0.2, -0.15) is 4.98 Å². The van der Waals surface area contributed by atoms with Crippen LogP contribution in [0.2, 0.25) is 0 Å². The number of nitrogens with two attached hydrogens (primary N) is 1. The highest BCUT2D eigenvalue weighted by molar-refractivity contribution is 6.08. The van der Waals surface area contributed by atoms with E-state index in [0.29, 0.717) is 12.4 Å². The lowest BCUT2D eigenvalue weighted by Crippen LogP contribution is -2.40. The van der Waals surface area contributed by atoms with Gasteiger partial charge in [-0.05, 0) is 47.2 Å². The van der Waals surface area contributed by atoms with Crippen LogP contribution < -0.4 is 5.73 Å². The first-order chi connectivity index (χ1) is 16.1. The molecule has 1 aliphatic carbocycles. The molecule has 1 spiro atoms. The van der Waals surface area contributed by atoms with Crippen molar-refractivity contribution in [1.29, 1.82) is 0 Å². The molecule has 2 aromatic carbocycles. The maximum absolute atomic E-state index is 13.4. The molecular formula is C26H29N5O2. The van der Waals surface area contributed by atoms with E-state index in [1.807, 2.05) is 29.2 Å². The Bertz CT molecular complexity index is 1180. The number of amidine groups is 1. The zero-order valence-electron chi connectivity index (χ0n) is 19.0. The van der Waals surface area contributed by atoms with Gasteiger partial charge in [0.05, 0.1) is 6.54 Å².